The Balaban J connectivity index is 3.64. The quantitative estimate of drug-likeness (QED) is 0.344. The minimum absolute atomic E-state index is 0.0366. The lowest BCUT2D eigenvalue weighted by Gasteiger charge is -2.29. The molecular formula is C16H32O3. The summed E-state index contributed by atoms with van der Waals surface area (Å²) in [5, 5.41) is 10.0. The van der Waals surface area contributed by atoms with Crippen molar-refractivity contribution in [1.82, 2.24) is 0 Å². The van der Waals surface area contributed by atoms with Crippen molar-refractivity contribution in [3.8, 4) is 0 Å². The highest BCUT2D eigenvalue weighted by Gasteiger charge is 2.30. The maximum Gasteiger partial charge on any atom is 0.308 e. The zero-order valence-corrected chi connectivity index (χ0v) is 13.2. The molecule has 19 heavy (non-hydrogen) atoms. The third-order valence-electron chi connectivity index (χ3n) is 3.83. The summed E-state index contributed by atoms with van der Waals surface area (Å²) in [6.07, 6.45) is 9.45. The van der Waals surface area contributed by atoms with Crippen LogP contribution in [0, 0.1) is 5.92 Å². The molecule has 0 aliphatic heterocycles. The van der Waals surface area contributed by atoms with Crippen molar-refractivity contribution in [3.05, 3.63) is 0 Å². The van der Waals surface area contributed by atoms with Gasteiger partial charge in [-0.1, -0.05) is 59.3 Å². The Morgan fingerprint density at radius 1 is 1.11 bits per heavy atom. The molecule has 0 bridgehead atoms. The maximum atomic E-state index is 11.6. The summed E-state index contributed by atoms with van der Waals surface area (Å²) < 4.78 is 5.15. The van der Waals surface area contributed by atoms with E-state index in [1.54, 1.807) is 6.92 Å². The molecule has 0 spiro atoms. The molecule has 0 aromatic carbocycles. The molecule has 0 amide bonds. The van der Waals surface area contributed by atoms with Crippen LogP contribution in [-0.4, -0.2) is 16.9 Å². The molecule has 0 heterocycles. The second-order valence-corrected chi connectivity index (χ2v) is 5.71. The molecule has 0 rings (SSSR count). The summed E-state index contributed by atoms with van der Waals surface area (Å²) in [5.41, 5.74) is 0. The van der Waals surface area contributed by atoms with Gasteiger partial charge < -0.3 is 9.84 Å². The fourth-order valence-corrected chi connectivity index (χ4v) is 1.99. The number of unbranched alkanes of at least 4 members (excludes halogenated alkanes) is 6. The van der Waals surface area contributed by atoms with E-state index in [1.165, 1.54) is 32.1 Å². The summed E-state index contributed by atoms with van der Waals surface area (Å²) in [5.74, 6) is -1.64. The number of carbonyl (C=O) groups excluding carboxylic acids is 1. The molecular weight excluding hydrogens is 240 g/mol. The monoisotopic (exact) mass is 272 g/mol. The Labute approximate surface area is 118 Å². The molecule has 0 radical (unpaired) electrons. The van der Waals surface area contributed by atoms with E-state index in [0.717, 1.165) is 19.3 Å². The molecule has 0 aliphatic rings. The molecule has 2 atom stereocenters. The first-order valence-corrected chi connectivity index (χ1v) is 7.88. The molecule has 2 unspecified atom stereocenters. The molecule has 0 aromatic heterocycles. The summed E-state index contributed by atoms with van der Waals surface area (Å²) in [4.78, 5) is 11.6. The number of hydrogen-bond donors (Lipinski definition) is 1. The van der Waals surface area contributed by atoms with Gasteiger partial charge in [-0.2, -0.15) is 0 Å². The second-order valence-electron chi connectivity index (χ2n) is 5.71. The van der Waals surface area contributed by atoms with Gasteiger partial charge in [-0.15, -0.1) is 0 Å². The van der Waals surface area contributed by atoms with Gasteiger partial charge >= 0.3 is 5.97 Å². The number of hydrogen-bond acceptors (Lipinski definition) is 3. The normalized spacial score (nSPS) is 15.8. The fraction of sp³-hybridized carbons (Fsp3) is 0.938. The second kappa shape index (κ2) is 10.2. The lowest BCUT2D eigenvalue weighted by Crippen LogP contribution is -2.37. The summed E-state index contributed by atoms with van der Waals surface area (Å²) in [7, 11) is 0. The van der Waals surface area contributed by atoms with E-state index in [1.807, 2.05) is 13.8 Å². The number of esters is 1. The van der Waals surface area contributed by atoms with Crippen LogP contribution in [0.1, 0.15) is 85.5 Å². The Kier molecular flexibility index (Phi) is 9.94. The molecule has 3 heteroatoms. The van der Waals surface area contributed by atoms with Crippen LogP contribution in [-0.2, 0) is 9.53 Å². The number of rotatable bonds is 11. The first-order valence-electron chi connectivity index (χ1n) is 7.88. The molecule has 0 fully saturated rings. The average Bonchev–Trinajstić information content (AvgIpc) is 2.36. The van der Waals surface area contributed by atoms with Crippen LogP contribution in [0.25, 0.3) is 0 Å². The topological polar surface area (TPSA) is 46.5 Å². The zero-order valence-electron chi connectivity index (χ0n) is 13.2. The van der Waals surface area contributed by atoms with Gasteiger partial charge in [-0.3, -0.25) is 4.79 Å². The number of aliphatic hydroxyl groups is 1. The Morgan fingerprint density at radius 2 is 1.63 bits per heavy atom. The van der Waals surface area contributed by atoms with E-state index in [2.05, 4.69) is 6.92 Å². The van der Waals surface area contributed by atoms with E-state index >= 15 is 0 Å². The Morgan fingerprint density at radius 3 is 2.16 bits per heavy atom. The van der Waals surface area contributed by atoms with E-state index in [0.29, 0.717) is 6.42 Å². The van der Waals surface area contributed by atoms with E-state index < -0.39 is 5.79 Å². The zero-order chi connectivity index (χ0) is 14.7. The first-order chi connectivity index (χ1) is 8.94. The van der Waals surface area contributed by atoms with Crippen molar-refractivity contribution in [2.75, 3.05) is 0 Å². The van der Waals surface area contributed by atoms with Gasteiger partial charge in [-0.25, -0.2) is 0 Å². The third-order valence-corrected chi connectivity index (χ3v) is 3.83. The van der Waals surface area contributed by atoms with Crippen LogP contribution >= 0.6 is 0 Å². The van der Waals surface area contributed by atoms with Crippen molar-refractivity contribution < 1.29 is 14.6 Å². The molecule has 3 nitrogen and oxygen atoms in total. The Bertz CT molecular complexity index is 236. The molecule has 0 aromatic rings. The molecule has 0 saturated carbocycles. The predicted molar refractivity (Wildman–Crippen MR) is 78.8 cm³/mol. The SMILES string of the molecule is CCCCCCCCCC(=O)OC(C)(O)C(C)CC. The number of carbonyl (C=O) groups is 1. The minimum Gasteiger partial charge on any atom is -0.433 e. The Hall–Kier alpha value is -0.570. The number of ether oxygens (including phenoxy) is 1. The smallest absolute Gasteiger partial charge is 0.308 e. The van der Waals surface area contributed by atoms with Gasteiger partial charge in [0.1, 0.15) is 0 Å². The van der Waals surface area contributed by atoms with Gasteiger partial charge in [0.2, 0.25) is 5.79 Å². The summed E-state index contributed by atoms with van der Waals surface area (Å²) in [6.45, 7) is 7.65. The third kappa shape index (κ3) is 9.04. The van der Waals surface area contributed by atoms with Crippen LogP contribution in [0.15, 0.2) is 0 Å². The van der Waals surface area contributed by atoms with Crippen LogP contribution in [0.3, 0.4) is 0 Å². The van der Waals surface area contributed by atoms with E-state index in [9.17, 15) is 9.90 Å². The van der Waals surface area contributed by atoms with Crippen molar-refractivity contribution in [3.63, 3.8) is 0 Å². The van der Waals surface area contributed by atoms with Crippen LogP contribution < -0.4 is 0 Å². The first kappa shape index (κ1) is 18.4. The van der Waals surface area contributed by atoms with Gasteiger partial charge in [0.05, 0.1) is 0 Å². The van der Waals surface area contributed by atoms with Gasteiger partial charge in [0.15, 0.2) is 0 Å². The van der Waals surface area contributed by atoms with Gasteiger partial charge in [0.25, 0.3) is 0 Å². The largest absolute Gasteiger partial charge is 0.433 e. The lowest BCUT2D eigenvalue weighted by molar-refractivity contribution is -0.221. The molecule has 0 aliphatic carbocycles. The standard InChI is InChI=1S/C16H32O3/c1-5-7-8-9-10-11-12-13-15(17)19-16(4,18)14(3)6-2/h14,18H,5-13H2,1-4H3. The van der Waals surface area contributed by atoms with Crippen molar-refractivity contribution in [1.29, 1.82) is 0 Å². The van der Waals surface area contributed by atoms with Crippen LogP contribution in [0.2, 0.25) is 0 Å². The molecule has 1 N–H and O–H groups in total. The predicted octanol–water partition coefficient (Wildman–Crippen LogP) is 4.42. The van der Waals surface area contributed by atoms with Gasteiger partial charge in [0, 0.05) is 19.3 Å². The molecule has 0 saturated heterocycles. The van der Waals surface area contributed by atoms with Crippen LogP contribution in [0.5, 0.6) is 0 Å². The van der Waals surface area contributed by atoms with Crippen molar-refractivity contribution in [2.45, 2.75) is 91.3 Å². The average molecular weight is 272 g/mol. The lowest BCUT2D eigenvalue weighted by atomic mass is 10.00. The van der Waals surface area contributed by atoms with Gasteiger partial charge in [-0.05, 0) is 12.8 Å². The summed E-state index contributed by atoms with van der Waals surface area (Å²) >= 11 is 0. The fourth-order valence-electron chi connectivity index (χ4n) is 1.99. The van der Waals surface area contributed by atoms with E-state index in [-0.39, 0.29) is 11.9 Å². The minimum atomic E-state index is -1.33. The highest BCUT2D eigenvalue weighted by atomic mass is 16.7. The molecule has 114 valence electrons. The van der Waals surface area contributed by atoms with Crippen LogP contribution in [0.4, 0.5) is 0 Å². The maximum absolute atomic E-state index is 11.6. The van der Waals surface area contributed by atoms with E-state index in [4.69, 9.17) is 4.74 Å². The van der Waals surface area contributed by atoms with Crippen molar-refractivity contribution in [2.24, 2.45) is 5.92 Å². The highest BCUT2D eigenvalue weighted by Crippen LogP contribution is 2.22. The van der Waals surface area contributed by atoms with Crippen molar-refractivity contribution >= 4 is 5.97 Å². The summed E-state index contributed by atoms with van der Waals surface area (Å²) in [6, 6.07) is 0. The highest BCUT2D eigenvalue weighted by molar-refractivity contribution is 5.69.